The molecule has 9 heavy (non-hydrogen) atoms. The van der Waals surface area contributed by atoms with Crippen molar-refractivity contribution in [2.45, 2.75) is 6.61 Å². The summed E-state index contributed by atoms with van der Waals surface area (Å²) < 4.78 is 4.72. The Bertz CT molecular complexity index is 212. The lowest BCUT2D eigenvalue weighted by Gasteiger charge is -1.81. The average molecular weight is 212 g/mol. The van der Waals surface area contributed by atoms with E-state index in [0.717, 1.165) is 0 Å². The number of hydrogen-bond acceptors (Lipinski definition) is 3. The fourth-order valence-electron chi connectivity index (χ4n) is 0.403. The molecule has 50 valence electrons. The van der Waals surface area contributed by atoms with Crippen LogP contribution in [0.3, 0.4) is 0 Å². The van der Waals surface area contributed by atoms with Crippen LogP contribution < -0.4 is 0 Å². The largest absolute Gasteiger partial charge is 0.419 e. The Labute approximate surface area is 64.8 Å². The summed E-state index contributed by atoms with van der Waals surface area (Å²) >= 11 is 8.38. The zero-order valence-corrected chi connectivity index (χ0v) is 6.61. The zero-order valence-electron chi connectivity index (χ0n) is 4.27. The van der Waals surface area contributed by atoms with Crippen LogP contribution in [0.15, 0.2) is 9.22 Å². The molecule has 0 saturated heterocycles. The summed E-state index contributed by atoms with van der Waals surface area (Å²) in [6, 6.07) is 0. The van der Waals surface area contributed by atoms with Crippen molar-refractivity contribution in [2.75, 3.05) is 0 Å². The zero-order chi connectivity index (χ0) is 6.85. The lowest BCUT2D eigenvalue weighted by atomic mass is 10.5. The molecule has 0 radical (unpaired) electrons. The smallest absolute Gasteiger partial charge is 0.265 e. The van der Waals surface area contributed by atoms with Crippen LogP contribution in [-0.4, -0.2) is 10.1 Å². The molecule has 0 aliphatic heterocycles. The number of rotatable bonds is 1. The summed E-state index contributed by atoms with van der Waals surface area (Å²) in [6.07, 6.45) is 0. The second-order valence-corrected chi connectivity index (χ2v) is 2.37. The van der Waals surface area contributed by atoms with E-state index < -0.39 is 0 Å². The van der Waals surface area contributed by atoms with E-state index in [4.69, 9.17) is 21.1 Å². The van der Waals surface area contributed by atoms with Gasteiger partial charge < -0.3 is 9.52 Å². The van der Waals surface area contributed by atoms with Crippen LogP contribution >= 0.6 is 27.5 Å². The van der Waals surface area contributed by atoms with Gasteiger partial charge in [-0.25, -0.2) is 4.98 Å². The van der Waals surface area contributed by atoms with Gasteiger partial charge in [-0.3, -0.25) is 0 Å². The fraction of sp³-hybridized carbons (Fsp3) is 0.250. The second kappa shape index (κ2) is 2.68. The summed E-state index contributed by atoms with van der Waals surface area (Å²) in [5, 5.41) is 8.63. The van der Waals surface area contributed by atoms with Crippen molar-refractivity contribution in [3.63, 3.8) is 0 Å². The maximum Gasteiger partial charge on any atom is 0.265 e. The van der Waals surface area contributed by atoms with Gasteiger partial charge in [0.25, 0.3) is 4.80 Å². The number of aromatic nitrogens is 1. The predicted octanol–water partition coefficient (Wildman–Crippen LogP) is 1.58. The molecule has 0 aliphatic rings. The van der Waals surface area contributed by atoms with Crippen LogP contribution in [0.4, 0.5) is 0 Å². The van der Waals surface area contributed by atoms with Gasteiger partial charge in [0.15, 0.2) is 0 Å². The van der Waals surface area contributed by atoms with E-state index in [-0.39, 0.29) is 16.6 Å². The highest BCUT2D eigenvalue weighted by Gasteiger charge is 2.06. The molecule has 0 atom stereocenters. The van der Waals surface area contributed by atoms with Crippen LogP contribution in [-0.2, 0) is 6.61 Å². The molecule has 1 aromatic heterocycles. The van der Waals surface area contributed by atoms with Crippen LogP contribution in [0.25, 0.3) is 0 Å². The molecular weight excluding hydrogens is 209 g/mol. The van der Waals surface area contributed by atoms with E-state index in [9.17, 15) is 0 Å². The summed E-state index contributed by atoms with van der Waals surface area (Å²) in [4.78, 5) is 3.99. The van der Waals surface area contributed by atoms with Crippen molar-refractivity contribution in [3.05, 3.63) is 15.7 Å². The molecule has 0 bridgehead atoms. The van der Waals surface area contributed by atoms with Gasteiger partial charge in [-0.15, -0.1) is 0 Å². The molecule has 1 N–H and O–H groups in total. The molecule has 0 unspecified atom stereocenters. The lowest BCUT2D eigenvalue weighted by molar-refractivity contribution is 0.276. The average Bonchev–Trinajstić information content (AvgIpc) is 2.10. The molecule has 0 saturated carbocycles. The van der Waals surface area contributed by atoms with E-state index in [2.05, 4.69) is 20.9 Å². The van der Waals surface area contributed by atoms with Crippen molar-refractivity contribution < 1.29 is 9.52 Å². The Hall–Kier alpha value is -0.0600. The minimum atomic E-state index is -0.200. The minimum Gasteiger partial charge on any atom is -0.419 e. The Kier molecular flexibility index (Phi) is 2.10. The molecule has 0 fully saturated rings. The SMILES string of the molecule is OCc1nc(Br)oc1Cl. The molecule has 1 aromatic rings. The van der Waals surface area contributed by atoms with Crippen molar-refractivity contribution in [3.8, 4) is 0 Å². The van der Waals surface area contributed by atoms with Crippen molar-refractivity contribution in [1.29, 1.82) is 0 Å². The first-order valence-corrected chi connectivity index (χ1v) is 3.32. The van der Waals surface area contributed by atoms with Crippen LogP contribution in [0.5, 0.6) is 0 Å². The number of oxazole rings is 1. The number of nitrogens with zero attached hydrogens (tertiary/aromatic N) is 1. The number of hydrogen-bond donors (Lipinski definition) is 1. The predicted molar refractivity (Wildman–Crippen MR) is 35.1 cm³/mol. The molecule has 0 aromatic carbocycles. The maximum absolute atomic E-state index is 8.50. The number of aliphatic hydroxyl groups is 1. The number of halogens is 2. The standard InChI is InChI=1S/C4H3BrClNO2/c5-4-7-2(1-8)3(6)9-4/h8H,1H2. The first-order valence-electron chi connectivity index (χ1n) is 2.15. The summed E-state index contributed by atoms with van der Waals surface area (Å²) in [7, 11) is 0. The van der Waals surface area contributed by atoms with Crippen molar-refractivity contribution >= 4 is 27.5 Å². The quantitative estimate of drug-likeness (QED) is 0.769. The molecule has 3 nitrogen and oxygen atoms in total. The van der Waals surface area contributed by atoms with Crippen molar-refractivity contribution in [1.82, 2.24) is 4.98 Å². The summed E-state index contributed by atoms with van der Waals surface area (Å²) in [5.41, 5.74) is 0.351. The molecule has 0 amide bonds. The Morgan fingerprint density at radius 1 is 1.78 bits per heavy atom. The Morgan fingerprint density at radius 3 is 2.67 bits per heavy atom. The summed E-state index contributed by atoms with van der Waals surface area (Å²) in [5.74, 6) is 0. The Balaban J connectivity index is 3.01. The molecule has 1 heterocycles. The van der Waals surface area contributed by atoms with Crippen LogP contribution in [0, 0.1) is 0 Å². The van der Waals surface area contributed by atoms with Gasteiger partial charge in [-0.2, -0.15) is 0 Å². The van der Waals surface area contributed by atoms with Gasteiger partial charge in [-0.1, -0.05) is 0 Å². The van der Waals surface area contributed by atoms with Gasteiger partial charge in [0, 0.05) is 15.9 Å². The highest BCUT2D eigenvalue weighted by Crippen LogP contribution is 2.20. The normalized spacial score (nSPS) is 10.1. The molecule has 1 rings (SSSR count). The third-order valence-electron chi connectivity index (χ3n) is 0.773. The highest BCUT2D eigenvalue weighted by molar-refractivity contribution is 9.10. The second-order valence-electron chi connectivity index (χ2n) is 1.35. The third kappa shape index (κ3) is 1.44. The fourth-order valence-corrected chi connectivity index (χ4v) is 1.05. The Morgan fingerprint density at radius 2 is 2.44 bits per heavy atom. The van der Waals surface area contributed by atoms with Gasteiger partial charge >= 0.3 is 0 Å². The van der Waals surface area contributed by atoms with Gasteiger partial charge in [0.2, 0.25) is 5.22 Å². The van der Waals surface area contributed by atoms with E-state index in [1.807, 2.05) is 0 Å². The monoisotopic (exact) mass is 211 g/mol. The van der Waals surface area contributed by atoms with Crippen molar-refractivity contribution in [2.24, 2.45) is 0 Å². The molecule has 0 spiro atoms. The molecular formula is C4H3BrClNO2. The highest BCUT2D eigenvalue weighted by atomic mass is 79.9. The lowest BCUT2D eigenvalue weighted by Crippen LogP contribution is -1.81. The van der Waals surface area contributed by atoms with Crippen LogP contribution in [0.2, 0.25) is 5.22 Å². The number of aliphatic hydroxyl groups excluding tert-OH is 1. The first-order chi connectivity index (χ1) is 4.24. The van der Waals surface area contributed by atoms with E-state index >= 15 is 0 Å². The van der Waals surface area contributed by atoms with E-state index in [1.165, 1.54) is 0 Å². The van der Waals surface area contributed by atoms with Gasteiger partial charge in [0.05, 0.1) is 6.61 Å². The molecule has 5 heteroatoms. The third-order valence-corrected chi connectivity index (χ3v) is 1.41. The maximum atomic E-state index is 8.50. The van der Waals surface area contributed by atoms with Gasteiger partial charge in [0.1, 0.15) is 5.69 Å². The topological polar surface area (TPSA) is 46.3 Å². The van der Waals surface area contributed by atoms with E-state index in [0.29, 0.717) is 5.69 Å². The minimum absolute atomic E-state index is 0.129. The van der Waals surface area contributed by atoms with Gasteiger partial charge in [-0.05, 0) is 11.6 Å². The van der Waals surface area contributed by atoms with Crippen LogP contribution in [0.1, 0.15) is 5.69 Å². The summed E-state index contributed by atoms with van der Waals surface area (Å²) in [6.45, 7) is -0.200. The molecule has 0 aliphatic carbocycles. The first kappa shape index (κ1) is 7.05. The van der Waals surface area contributed by atoms with E-state index in [1.54, 1.807) is 0 Å².